The molecule has 0 spiro atoms. The van der Waals surface area contributed by atoms with E-state index < -0.39 is 0 Å². The van der Waals surface area contributed by atoms with Crippen molar-refractivity contribution in [2.45, 2.75) is 26.8 Å². The molecule has 0 amide bonds. The third-order valence-electron chi connectivity index (χ3n) is 2.79. The van der Waals surface area contributed by atoms with Gasteiger partial charge in [-0.15, -0.1) is 0 Å². The van der Waals surface area contributed by atoms with Crippen molar-refractivity contribution in [1.29, 1.82) is 0 Å². The van der Waals surface area contributed by atoms with Gasteiger partial charge in [0, 0.05) is 17.6 Å². The number of fused-ring (bicyclic) bond motifs is 1. The molecule has 0 atom stereocenters. The van der Waals surface area contributed by atoms with Gasteiger partial charge in [0.2, 0.25) is 0 Å². The van der Waals surface area contributed by atoms with E-state index in [1.165, 1.54) is 0 Å². The predicted octanol–water partition coefficient (Wildman–Crippen LogP) is 2.60. The lowest BCUT2D eigenvalue weighted by molar-refractivity contribution is 0.481. The molecule has 0 aliphatic heterocycles. The van der Waals surface area contributed by atoms with Crippen molar-refractivity contribution in [3.05, 3.63) is 40.3 Å². The summed E-state index contributed by atoms with van der Waals surface area (Å²) in [6.07, 6.45) is 1.80. The van der Waals surface area contributed by atoms with Crippen LogP contribution in [-0.2, 0) is 0 Å². The Balaban J connectivity index is 2.96. The maximum absolute atomic E-state index is 12.1. The topological polar surface area (TPSA) is 42.2 Å². The fraction of sp³-hybridized carbons (Fsp3) is 0.308. The number of aromatic hydroxyl groups is 1. The normalized spacial score (nSPS) is 11.2. The first-order valence-electron chi connectivity index (χ1n) is 5.36. The predicted molar refractivity (Wildman–Crippen MR) is 65.0 cm³/mol. The summed E-state index contributed by atoms with van der Waals surface area (Å²) < 4.78 is 1.69. The number of phenols is 1. The van der Waals surface area contributed by atoms with Gasteiger partial charge in [-0.05, 0) is 38.5 Å². The average molecular weight is 217 g/mol. The summed E-state index contributed by atoms with van der Waals surface area (Å²) >= 11 is 0. The van der Waals surface area contributed by atoms with Crippen LogP contribution < -0.4 is 5.56 Å². The first kappa shape index (κ1) is 10.7. The molecule has 3 heteroatoms. The van der Waals surface area contributed by atoms with E-state index >= 15 is 0 Å². The fourth-order valence-electron chi connectivity index (χ4n) is 1.99. The first-order chi connectivity index (χ1) is 7.52. The molecule has 0 saturated heterocycles. The van der Waals surface area contributed by atoms with Gasteiger partial charge in [-0.1, -0.05) is 6.07 Å². The van der Waals surface area contributed by atoms with E-state index in [9.17, 15) is 9.90 Å². The highest BCUT2D eigenvalue weighted by molar-refractivity contribution is 5.90. The summed E-state index contributed by atoms with van der Waals surface area (Å²) in [5, 5.41) is 11.0. The second kappa shape index (κ2) is 3.67. The monoisotopic (exact) mass is 217 g/mol. The van der Waals surface area contributed by atoms with Crippen molar-refractivity contribution in [3.8, 4) is 5.75 Å². The molecule has 0 radical (unpaired) electrons. The highest BCUT2D eigenvalue weighted by Gasteiger charge is 2.10. The van der Waals surface area contributed by atoms with Crippen LogP contribution in [0, 0.1) is 6.92 Å². The van der Waals surface area contributed by atoms with Crippen LogP contribution in [-0.4, -0.2) is 9.67 Å². The first-order valence-corrected chi connectivity index (χ1v) is 5.36. The number of hydrogen-bond acceptors (Lipinski definition) is 2. The molecule has 1 aromatic carbocycles. The largest absolute Gasteiger partial charge is 0.507 e. The Morgan fingerprint density at radius 1 is 1.31 bits per heavy atom. The van der Waals surface area contributed by atoms with Crippen LogP contribution in [0.25, 0.3) is 10.8 Å². The summed E-state index contributed by atoms with van der Waals surface area (Å²) in [6, 6.07) is 5.18. The molecular formula is C13H15NO2. The molecule has 0 fully saturated rings. The van der Waals surface area contributed by atoms with Crippen LogP contribution >= 0.6 is 0 Å². The van der Waals surface area contributed by atoms with Crippen molar-refractivity contribution in [3.63, 3.8) is 0 Å². The third-order valence-corrected chi connectivity index (χ3v) is 2.79. The van der Waals surface area contributed by atoms with Crippen molar-refractivity contribution in [1.82, 2.24) is 4.57 Å². The van der Waals surface area contributed by atoms with Crippen LogP contribution in [0.15, 0.2) is 29.2 Å². The molecule has 0 saturated carbocycles. The van der Waals surface area contributed by atoms with Gasteiger partial charge >= 0.3 is 0 Å². The van der Waals surface area contributed by atoms with E-state index in [0.29, 0.717) is 10.8 Å². The third kappa shape index (κ3) is 1.48. The SMILES string of the molecule is Cc1cn(C(C)C)c(=O)c2cccc(O)c12. The van der Waals surface area contributed by atoms with Gasteiger partial charge in [0.15, 0.2) is 0 Å². The van der Waals surface area contributed by atoms with Gasteiger partial charge in [-0.2, -0.15) is 0 Å². The molecule has 0 unspecified atom stereocenters. The minimum absolute atomic E-state index is 0.0495. The molecule has 1 N–H and O–H groups in total. The quantitative estimate of drug-likeness (QED) is 0.797. The van der Waals surface area contributed by atoms with E-state index in [-0.39, 0.29) is 17.4 Å². The minimum Gasteiger partial charge on any atom is -0.507 e. The zero-order valence-electron chi connectivity index (χ0n) is 9.69. The molecule has 0 aliphatic carbocycles. The van der Waals surface area contributed by atoms with Gasteiger partial charge in [-0.3, -0.25) is 4.79 Å². The summed E-state index contributed by atoms with van der Waals surface area (Å²) in [5.41, 5.74) is 0.868. The Hall–Kier alpha value is -1.77. The van der Waals surface area contributed by atoms with E-state index in [1.807, 2.05) is 20.8 Å². The lowest BCUT2D eigenvalue weighted by atomic mass is 10.1. The summed E-state index contributed by atoms with van der Waals surface area (Å²) in [4.78, 5) is 12.1. The Bertz CT molecular complexity index is 597. The minimum atomic E-state index is -0.0495. The van der Waals surface area contributed by atoms with Gasteiger partial charge < -0.3 is 9.67 Å². The molecule has 3 nitrogen and oxygen atoms in total. The molecule has 16 heavy (non-hydrogen) atoms. The number of benzene rings is 1. The van der Waals surface area contributed by atoms with Gasteiger partial charge in [-0.25, -0.2) is 0 Å². The second-order valence-corrected chi connectivity index (χ2v) is 4.32. The highest BCUT2D eigenvalue weighted by Crippen LogP contribution is 2.25. The number of hydrogen-bond donors (Lipinski definition) is 1. The summed E-state index contributed by atoms with van der Waals surface area (Å²) in [7, 11) is 0. The van der Waals surface area contributed by atoms with Crippen molar-refractivity contribution < 1.29 is 5.11 Å². The van der Waals surface area contributed by atoms with Gasteiger partial charge in [0.1, 0.15) is 5.75 Å². The summed E-state index contributed by atoms with van der Waals surface area (Å²) in [5.74, 6) is 0.169. The molecule has 2 aromatic rings. The van der Waals surface area contributed by atoms with Gasteiger partial charge in [0.25, 0.3) is 5.56 Å². The maximum atomic E-state index is 12.1. The number of phenolic OH excluding ortho intramolecular Hbond substituents is 1. The smallest absolute Gasteiger partial charge is 0.258 e. The molecule has 2 rings (SSSR count). The zero-order valence-corrected chi connectivity index (χ0v) is 9.69. The molecular weight excluding hydrogens is 202 g/mol. The fourth-order valence-corrected chi connectivity index (χ4v) is 1.99. The van der Waals surface area contributed by atoms with Gasteiger partial charge in [0.05, 0.1) is 5.39 Å². The van der Waals surface area contributed by atoms with E-state index in [1.54, 1.807) is 29.0 Å². The molecule has 0 aliphatic rings. The lowest BCUT2D eigenvalue weighted by Crippen LogP contribution is -2.22. The number of pyridine rings is 1. The Morgan fingerprint density at radius 2 is 2.00 bits per heavy atom. The number of aryl methyl sites for hydroxylation is 1. The number of aromatic nitrogens is 1. The lowest BCUT2D eigenvalue weighted by Gasteiger charge is -2.13. The van der Waals surface area contributed by atoms with Crippen molar-refractivity contribution >= 4 is 10.8 Å². The van der Waals surface area contributed by atoms with E-state index in [2.05, 4.69) is 0 Å². The van der Waals surface area contributed by atoms with Crippen molar-refractivity contribution in [2.75, 3.05) is 0 Å². The van der Waals surface area contributed by atoms with Crippen LogP contribution in [0.5, 0.6) is 5.75 Å². The number of rotatable bonds is 1. The molecule has 84 valence electrons. The average Bonchev–Trinajstić information content (AvgIpc) is 2.22. The number of nitrogens with zero attached hydrogens (tertiary/aromatic N) is 1. The van der Waals surface area contributed by atoms with Crippen LogP contribution in [0.1, 0.15) is 25.5 Å². The zero-order chi connectivity index (χ0) is 11.9. The Kier molecular flexibility index (Phi) is 2.46. The molecule has 1 aromatic heterocycles. The van der Waals surface area contributed by atoms with Crippen molar-refractivity contribution in [2.24, 2.45) is 0 Å². The Morgan fingerprint density at radius 3 is 2.62 bits per heavy atom. The Labute approximate surface area is 94.0 Å². The molecule has 0 bridgehead atoms. The molecule has 1 heterocycles. The van der Waals surface area contributed by atoms with E-state index in [4.69, 9.17) is 0 Å². The van der Waals surface area contributed by atoms with E-state index in [0.717, 1.165) is 5.56 Å². The van der Waals surface area contributed by atoms with Crippen LogP contribution in [0.4, 0.5) is 0 Å². The summed E-state index contributed by atoms with van der Waals surface area (Å²) in [6.45, 7) is 5.84. The standard InChI is InChI=1S/C13H15NO2/c1-8(2)14-7-9(3)12-10(13(14)16)5-4-6-11(12)15/h4-8,15H,1-3H3. The van der Waals surface area contributed by atoms with Crippen LogP contribution in [0.3, 0.4) is 0 Å². The highest BCUT2D eigenvalue weighted by atomic mass is 16.3. The van der Waals surface area contributed by atoms with Crippen LogP contribution in [0.2, 0.25) is 0 Å². The maximum Gasteiger partial charge on any atom is 0.258 e. The second-order valence-electron chi connectivity index (χ2n) is 4.32.